The molecule has 4 aromatic rings. The number of carboxylic acids is 1. The largest absolute Gasteiger partial charge is 0.491 e. The first-order valence-corrected chi connectivity index (χ1v) is 10.1. The minimum Gasteiger partial charge on any atom is -0.491 e. The van der Waals surface area contributed by atoms with Gasteiger partial charge in [0.15, 0.2) is 0 Å². The lowest BCUT2D eigenvalue weighted by atomic mass is 10.2. The van der Waals surface area contributed by atoms with Crippen LogP contribution in [0.5, 0.6) is 17.2 Å². The molecule has 3 aromatic carbocycles. The van der Waals surface area contributed by atoms with Crippen molar-refractivity contribution < 1.29 is 38.0 Å². The Bertz CT molecular complexity index is 1290. The topological polar surface area (TPSA) is 92.2 Å². The predicted octanol–water partition coefficient (Wildman–Crippen LogP) is 6.10. The van der Waals surface area contributed by atoms with E-state index in [1.807, 2.05) is 13.8 Å². The van der Waals surface area contributed by atoms with Gasteiger partial charge in [-0.25, -0.2) is 4.79 Å². The Morgan fingerprint density at radius 2 is 1.47 bits per heavy atom. The number of alkyl halides is 3. The smallest absolute Gasteiger partial charge is 0.416 e. The number of hydrogen-bond acceptors (Lipinski definition) is 3. The van der Waals surface area contributed by atoms with Crippen LogP contribution in [0, 0.1) is 0 Å². The fourth-order valence-corrected chi connectivity index (χ4v) is 3.49. The Morgan fingerprint density at radius 3 is 2.03 bits per heavy atom. The summed E-state index contributed by atoms with van der Waals surface area (Å²) in [7, 11) is 0. The third kappa shape index (κ3) is 5.15. The minimum absolute atomic E-state index is 0. The van der Waals surface area contributed by atoms with E-state index in [0.29, 0.717) is 28.1 Å². The van der Waals surface area contributed by atoms with Gasteiger partial charge in [-0.15, -0.1) is 0 Å². The molecule has 0 fully saturated rings. The summed E-state index contributed by atoms with van der Waals surface area (Å²) in [4.78, 5) is 11.9. The van der Waals surface area contributed by atoms with Crippen molar-refractivity contribution in [3.05, 3.63) is 84.1 Å². The highest BCUT2D eigenvalue weighted by Crippen LogP contribution is 2.33. The SMILES string of the molecule is CC(C)Oc1ccc(-n2c(C(=O)O)cc3cc(Oc4ccc(C(F)(F)F)cc4)ccc32)cc1.O. The van der Waals surface area contributed by atoms with Crippen molar-refractivity contribution in [3.8, 4) is 22.9 Å². The maximum absolute atomic E-state index is 12.7. The third-order valence-electron chi connectivity index (χ3n) is 4.88. The monoisotopic (exact) mass is 473 g/mol. The van der Waals surface area contributed by atoms with Gasteiger partial charge in [-0.3, -0.25) is 0 Å². The number of carboxylic acid groups (broad SMARTS) is 1. The van der Waals surface area contributed by atoms with Gasteiger partial charge in [0.05, 0.1) is 17.2 Å². The summed E-state index contributed by atoms with van der Waals surface area (Å²) in [6.07, 6.45) is -4.41. The van der Waals surface area contributed by atoms with Gasteiger partial charge < -0.3 is 24.6 Å². The molecule has 0 aliphatic carbocycles. The highest BCUT2D eigenvalue weighted by atomic mass is 19.4. The van der Waals surface area contributed by atoms with Crippen LogP contribution in [0.25, 0.3) is 16.6 Å². The van der Waals surface area contributed by atoms with Crippen molar-refractivity contribution >= 4 is 16.9 Å². The van der Waals surface area contributed by atoms with Crippen LogP contribution < -0.4 is 9.47 Å². The van der Waals surface area contributed by atoms with Gasteiger partial charge in [0.1, 0.15) is 22.9 Å². The first-order chi connectivity index (χ1) is 15.6. The molecule has 4 rings (SSSR count). The number of halogens is 3. The van der Waals surface area contributed by atoms with Crippen LogP contribution in [0.1, 0.15) is 29.9 Å². The van der Waals surface area contributed by atoms with Gasteiger partial charge in [-0.05, 0) is 86.6 Å². The molecule has 0 aliphatic heterocycles. The van der Waals surface area contributed by atoms with Crippen LogP contribution in [0.2, 0.25) is 0 Å². The molecule has 6 nitrogen and oxygen atoms in total. The van der Waals surface area contributed by atoms with Gasteiger partial charge in [0.25, 0.3) is 0 Å². The number of fused-ring (bicyclic) bond motifs is 1. The second kappa shape index (κ2) is 9.48. The molecule has 0 saturated carbocycles. The zero-order chi connectivity index (χ0) is 23.8. The highest BCUT2D eigenvalue weighted by Gasteiger charge is 2.30. The van der Waals surface area contributed by atoms with Gasteiger partial charge in [0, 0.05) is 11.1 Å². The van der Waals surface area contributed by atoms with E-state index in [9.17, 15) is 23.1 Å². The number of carbonyl (C=O) groups is 1. The molecule has 0 spiro atoms. The molecule has 1 aromatic heterocycles. The minimum atomic E-state index is -4.42. The summed E-state index contributed by atoms with van der Waals surface area (Å²) >= 11 is 0. The van der Waals surface area contributed by atoms with Crippen molar-refractivity contribution in [3.63, 3.8) is 0 Å². The number of aromatic carboxylic acids is 1. The Hall–Kier alpha value is -3.98. The fourth-order valence-electron chi connectivity index (χ4n) is 3.49. The van der Waals surface area contributed by atoms with Crippen LogP contribution in [0.3, 0.4) is 0 Å². The number of rotatable bonds is 6. The van der Waals surface area contributed by atoms with E-state index in [4.69, 9.17) is 9.47 Å². The average Bonchev–Trinajstić information content (AvgIpc) is 3.13. The number of nitrogens with zero attached hydrogens (tertiary/aromatic N) is 1. The summed E-state index contributed by atoms with van der Waals surface area (Å²) < 4.78 is 51.2. The van der Waals surface area contributed by atoms with E-state index < -0.39 is 17.7 Å². The first kappa shape index (κ1) is 24.7. The molecule has 1 heterocycles. The Kier molecular flexibility index (Phi) is 6.88. The summed E-state index contributed by atoms with van der Waals surface area (Å²) in [6, 6.07) is 18.0. The molecule has 34 heavy (non-hydrogen) atoms. The van der Waals surface area contributed by atoms with E-state index >= 15 is 0 Å². The van der Waals surface area contributed by atoms with Crippen molar-refractivity contribution in [1.82, 2.24) is 4.57 Å². The van der Waals surface area contributed by atoms with Crippen LogP contribution in [0.4, 0.5) is 13.2 Å². The lowest BCUT2D eigenvalue weighted by Crippen LogP contribution is -2.07. The normalized spacial score (nSPS) is 11.4. The summed E-state index contributed by atoms with van der Waals surface area (Å²) in [5.41, 5.74) is 0.590. The van der Waals surface area contributed by atoms with E-state index in [2.05, 4.69) is 0 Å². The standard InChI is InChI=1S/C25H20F3NO4.H2O/c1-15(2)32-19-9-5-18(6-10-19)29-22-12-11-21(13-16(22)14-23(29)24(30)31)33-20-7-3-17(4-8-20)25(26,27)28;/h3-15H,1-2H3,(H,30,31);1H2. The van der Waals surface area contributed by atoms with E-state index in [1.54, 1.807) is 47.0 Å². The maximum Gasteiger partial charge on any atom is 0.416 e. The number of hydrogen-bond donors (Lipinski definition) is 1. The van der Waals surface area contributed by atoms with Crippen molar-refractivity contribution in [2.75, 3.05) is 0 Å². The van der Waals surface area contributed by atoms with E-state index in [0.717, 1.165) is 12.1 Å². The first-order valence-electron chi connectivity index (χ1n) is 10.1. The molecule has 0 radical (unpaired) electrons. The molecule has 0 aliphatic rings. The molecule has 3 N–H and O–H groups in total. The molecule has 9 heteroatoms. The summed E-state index contributed by atoms with van der Waals surface area (Å²) in [5.74, 6) is 0.186. The number of benzene rings is 3. The van der Waals surface area contributed by atoms with E-state index in [1.165, 1.54) is 18.2 Å². The zero-order valence-corrected chi connectivity index (χ0v) is 18.3. The van der Waals surface area contributed by atoms with Crippen LogP contribution in [0.15, 0.2) is 72.8 Å². The molecule has 0 amide bonds. The number of aromatic nitrogens is 1. The molecular formula is C25H22F3NO5. The van der Waals surface area contributed by atoms with Gasteiger partial charge in [-0.2, -0.15) is 13.2 Å². The second-order valence-electron chi connectivity index (χ2n) is 7.68. The van der Waals surface area contributed by atoms with Gasteiger partial charge >= 0.3 is 12.1 Å². The Labute approximate surface area is 193 Å². The third-order valence-corrected chi connectivity index (χ3v) is 4.88. The Morgan fingerprint density at radius 1 is 0.882 bits per heavy atom. The average molecular weight is 473 g/mol. The quantitative estimate of drug-likeness (QED) is 0.366. The van der Waals surface area contributed by atoms with Crippen molar-refractivity contribution in [2.24, 2.45) is 0 Å². The molecule has 0 atom stereocenters. The lowest BCUT2D eigenvalue weighted by molar-refractivity contribution is -0.137. The maximum atomic E-state index is 12.7. The van der Waals surface area contributed by atoms with Gasteiger partial charge in [0.2, 0.25) is 0 Å². The Balaban J connectivity index is 0.00000324. The molecular weight excluding hydrogens is 451 g/mol. The molecule has 178 valence electrons. The second-order valence-corrected chi connectivity index (χ2v) is 7.68. The zero-order valence-electron chi connectivity index (χ0n) is 18.3. The molecule has 0 bridgehead atoms. The van der Waals surface area contributed by atoms with Crippen LogP contribution in [-0.4, -0.2) is 27.2 Å². The molecule has 0 unspecified atom stereocenters. The van der Waals surface area contributed by atoms with Crippen molar-refractivity contribution in [2.45, 2.75) is 26.1 Å². The highest BCUT2D eigenvalue weighted by molar-refractivity contribution is 5.96. The number of ether oxygens (including phenoxy) is 2. The molecule has 0 saturated heterocycles. The fraction of sp³-hybridized carbons (Fsp3) is 0.160. The van der Waals surface area contributed by atoms with E-state index in [-0.39, 0.29) is 23.0 Å². The van der Waals surface area contributed by atoms with Gasteiger partial charge in [-0.1, -0.05) is 0 Å². The lowest BCUT2D eigenvalue weighted by Gasteiger charge is -2.12. The van der Waals surface area contributed by atoms with Crippen LogP contribution >= 0.6 is 0 Å². The predicted molar refractivity (Wildman–Crippen MR) is 121 cm³/mol. The summed E-state index contributed by atoms with van der Waals surface area (Å²) in [6.45, 7) is 3.83. The van der Waals surface area contributed by atoms with Crippen molar-refractivity contribution in [1.29, 1.82) is 0 Å². The summed E-state index contributed by atoms with van der Waals surface area (Å²) in [5, 5.41) is 10.3. The van der Waals surface area contributed by atoms with Crippen LogP contribution in [-0.2, 0) is 6.18 Å².